The normalized spacial score (nSPS) is 12.3. The Morgan fingerprint density at radius 3 is 2.53 bits per heavy atom. The molecule has 1 atom stereocenters. The monoisotopic (exact) mass is 477 g/mol. The third-order valence-corrected chi connectivity index (χ3v) is 5.24. The molecule has 1 aromatic heterocycles. The molecule has 7 nitrogen and oxygen atoms in total. The number of benzene rings is 2. The van der Waals surface area contributed by atoms with Crippen LogP contribution < -0.4 is 15.7 Å². The van der Waals surface area contributed by atoms with Crippen LogP contribution in [0.15, 0.2) is 51.7 Å². The fourth-order valence-corrected chi connectivity index (χ4v) is 3.40. The summed E-state index contributed by atoms with van der Waals surface area (Å²) in [6.45, 7) is 2.97. The molecule has 2 aromatic carbocycles. The fraction of sp³-hybridized carbons (Fsp3) is 0.292. The van der Waals surface area contributed by atoms with Crippen molar-refractivity contribution in [1.82, 2.24) is 0 Å². The van der Waals surface area contributed by atoms with E-state index in [2.05, 4.69) is 5.32 Å². The van der Waals surface area contributed by atoms with E-state index in [4.69, 9.17) is 13.9 Å². The van der Waals surface area contributed by atoms with Crippen molar-refractivity contribution < 1.29 is 36.7 Å². The number of carbonyl (C=O) groups excluding carboxylic acids is 2. The number of methoxy groups -OCH3 is 1. The lowest BCUT2D eigenvalue weighted by Crippen LogP contribution is -2.31. The van der Waals surface area contributed by atoms with E-state index in [0.717, 1.165) is 12.1 Å². The van der Waals surface area contributed by atoms with Gasteiger partial charge in [0, 0.05) is 23.4 Å². The maximum atomic E-state index is 13.1. The number of para-hydroxylation sites is 1. The lowest BCUT2D eigenvalue weighted by Gasteiger charge is -2.17. The first-order valence-corrected chi connectivity index (χ1v) is 10.3. The second-order valence-electron chi connectivity index (χ2n) is 7.52. The van der Waals surface area contributed by atoms with Crippen molar-refractivity contribution >= 4 is 28.5 Å². The predicted molar refractivity (Wildman–Crippen MR) is 118 cm³/mol. The molecule has 0 spiro atoms. The zero-order chi connectivity index (χ0) is 25.0. The van der Waals surface area contributed by atoms with Crippen LogP contribution in [0.25, 0.3) is 11.0 Å². The van der Waals surface area contributed by atoms with Gasteiger partial charge in [-0.1, -0.05) is 12.1 Å². The summed E-state index contributed by atoms with van der Waals surface area (Å²) in [6, 6.07) is 9.51. The molecule has 10 heteroatoms. The summed E-state index contributed by atoms with van der Waals surface area (Å²) < 4.78 is 54.8. The van der Waals surface area contributed by atoms with Gasteiger partial charge in [-0.25, -0.2) is 4.79 Å². The van der Waals surface area contributed by atoms with Gasteiger partial charge in [0.05, 0.1) is 18.4 Å². The Hall–Kier alpha value is -3.82. The lowest BCUT2D eigenvalue weighted by molar-refractivity contribution is -0.153. The molecule has 0 fully saturated rings. The second-order valence-corrected chi connectivity index (χ2v) is 7.52. The van der Waals surface area contributed by atoms with Crippen LogP contribution in [0.3, 0.4) is 0 Å². The van der Waals surface area contributed by atoms with E-state index in [1.807, 2.05) is 0 Å². The Morgan fingerprint density at radius 2 is 1.85 bits per heavy atom. The number of rotatable bonds is 7. The highest BCUT2D eigenvalue weighted by molar-refractivity contribution is 5.95. The first-order chi connectivity index (χ1) is 16.0. The van der Waals surface area contributed by atoms with Crippen LogP contribution in [0.2, 0.25) is 0 Å². The Labute approximate surface area is 192 Å². The van der Waals surface area contributed by atoms with Gasteiger partial charge < -0.3 is 19.2 Å². The summed E-state index contributed by atoms with van der Waals surface area (Å²) in [5.74, 6) is -1.18. The molecule has 1 heterocycles. The number of carbonyl (C=O) groups is 2. The molecule has 1 N–H and O–H groups in total. The third kappa shape index (κ3) is 5.56. The predicted octanol–water partition coefficient (Wildman–Crippen LogP) is 4.63. The maximum Gasteiger partial charge on any atom is 0.418 e. The molecule has 0 radical (unpaired) electrons. The Balaban J connectivity index is 1.65. The van der Waals surface area contributed by atoms with E-state index in [9.17, 15) is 27.6 Å². The Kier molecular flexibility index (Phi) is 7.29. The van der Waals surface area contributed by atoms with E-state index in [1.54, 1.807) is 25.1 Å². The van der Waals surface area contributed by atoms with Gasteiger partial charge in [0.25, 0.3) is 5.91 Å². The van der Waals surface area contributed by atoms with Gasteiger partial charge in [-0.3, -0.25) is 9.59 Å². The Bertz CT molecular complexity index is 1280. The van der Waals surface area contributed by atoms with Gasteiger partial charge in [-0.15, -0.1) is 0 Å². The van der Waals surface area contributed by atoms with Crippen molar-refractivity contribution in [2.24, 2.45) is 0 Å². The maximum absolute atomic E-state index is 13.1. The molecule has 0 aliphatic carbocycles. The summed E-state index contributed by atoms with van der Waals surface area (Å²) in [5, 5.41) is 2.81. The quantitative estimate of drug-likeness (QED) is 0.394. The van der Waals surface area contributed by atoms with Crippen molar-refractivity contribution in [1.29, 1.82) is 0 Å². The van der Waals surface area contributed by atoms with Gasteiger partial charge in [0.2, 0.25) is 0 Å². The number of fused-ring (bicyclic) bond motifs is 1. The minimum atomic E-state index is -4.66. The zero-order valence-electron chi connectivity index (χ0n) is 18.6. The van der Waals surface area contributed by atoms with Crippen LogP contribution in [-0.2, 0) is 26.9 Å². The number of hydrogen-bond donors (Lipinski definition) is 1. The molecule has 3 rings (SSSR count). The highest BCUT2D eigenvalue weighted by atomic mass is 19.4. The van der Waals surface area contributed by atoms with E-state index in [-0.39, 0.29) is 18.4 Å². The summed E-state index contributed by atoms with van der Waals surface area (Å²) in [7, 11) is 1.49. The molecule has 3 aromatic rings. The van der Waals surface area contributed by atoms with E-state index >= 15 is 0 Å². The number of alkyl halides is 3. The van der Waals surface area contributed by atoms with Crippen LogP contribution in [0.5, 0.6) is 5.75 Å². The largest absolute Gasteiger partial charge is 0.497 e. The zero-order valence-corrected chi connectivity index (χ0v) is 18.6. The minimum absolute atomic E-state index is 0.000214. The fourth-order valence-electron chi connectivity index (χ4n) is 3.40. The first kappa shape index (κ1) is 24.8. The first-order valence-electron chi connectivity index (χ1n) is 10.3. The smallest absolute Gasteiger partial charge is 0.418 e. The van der Waals surface area contributed by atoms with Crippen molar-refractivity contribution in [3.8, 4) is 5.75 Å². The van der Waals surface area contributed by atoms with Crippen molar-refractivity contribution in [3.05, 3.63) is 69.6 Å². The van der Waals surface area contributed by atoms with E-state index < -0.39 is 41.0 Å². The number of hydrogen-bond acceptors (Lipinski definition) is 6. The Morgan fingerprint density at radius 1 is 1.15 bits per heavy atom. The molecular formula is C24H22F3NO6. The van der Waals surface area contributed by atoms with Crippen LogP contribution in [0.1, 0.15) is 30.0 Å². The van der Waals surface area contributed by atoms with Gasteiger partial charge in [-0.05, 0) is 50.1 Å². The number of halogens is 3. The molecule has 34 heavy (non-hydrogen) atoms. The molecule has 0 aliphatic heterocycles. The molecule has 180 valence electrons. The molecule has 1 amide bonds. The number of nitrogens with one attached hydrogen (secondary N) is 1. The van der Waals surface area contributed by atoms with Crippen molar-refractivity contribution in [2.75, 3.05) is 12.4 Å². The molecular weight excluding hydrogens is 455 g/mol. The van der Waals surface area contributed by atoms with E-state index in [1.165, 1.54) is 26.2 Å². The summed E-state index contributed by atoms with van der Waals surface area (Å²) in [5.41, 5.74) is -0.804. The third-order valence-electron chi connectivity index (χ3n) is 5.24. The number of anilines is 1. The number of amides is 1. The van der Waals surface area contributed by atoms with Gasteiger partial charge >= 0.3 is 17.8 Å². The lowest BCUT2D eigenvalue weighted by atomic mass is 10.0. The van der Waals surface area contributed by atoms with Gasteiger partial charge in [0.15, 0.2) is 6.10 Å². The second kappa shape index (κ2) is 9.98. The molecule has 0 saturated heterocycles. The minimum Gasteiger partial charge on any atom is -0.497 e. The number of aryl methyl sites for hydroxylation is 1. The van der Waals surface area contributed by atoms with Crippen LogP contribution in [-0.4, -0.2) is 25.1 Å². The summed E-state index contributed by atoms with van der Waals surface area (Å²) in [4.78, 5) is 36.9. The number of ether oxygens (including phenoxy) is 2. The van der Waals surface area contributed by atoms with Gasteiger partial charge in [0.1, 0.15) is 11.3 Å². The summed E-state index contributed by atoms with van der Waals surface area (Å²) >= 11 is 0. The van der Waals surface area contributed by atoms with Crippen molar-refractivity contribution in [2.45, 2.75) is 39.0 Å². The average Bonchev–Trinajstić information content (AvgIpc) is 2.78. The molecule has 1 unspecified atom stereocenters. The molecule has 0 saturated carbocycles. The SMILES string of the molecule is COc1ccc2c(C)c(CCC(=O)OC(C)C(=O)Nc3ccccc3C(F)(F)F)c(=O)oc2c1. The number of esters is 1. The van der Waals surface area contributed by atoms with Crippen LogP contribution in [0.4, 0.5) is 18.9 Å². The highest BCUT2D eigenvalue weighted by Crippen LogP contribution is 2.34. The topological polar surface area (TPSA) is 94.8 Å². The van der Waals surface area contributed by atoms with Crippen molar-refractivity contribution in [3.63, 3.8) is 0 Å². The molecule has 0 bridgehead atoms. The van der Waals surface area contributed by atoms with Gasteiger partial charge in [-0.2, -0.15) is 13.2 Å². The molecule has 0 aliphatic rings. The van der Waals surface area contributed by atoms with E-state index in [0.29, 0.717) is 22.3 Å². The highest BCUT2D eigenvalue weighted by Gasteiger charge is 2.34. The van der Waals surface area contributed by atoms with Crippen LogP contribution >= 0.6 is 0 Å². The average molecular weight is 477 g/mol. The summed E-state index contributed by atoms with van der Waals surface area (Å²) in [6.07, 6.45) is -6.24. The standard InChI is InChI=1S/C24H22F3NO6/c1-13-16-9-8-15(32-3)12-20(16)34-23(31)17(13)10-11-21(29)33-14(2)22(30)28-19-7-5-4-6-18(19)24(25,26)27/h4-9,12,14H,10-11H2,1-3H3,(H,28,30). The van der Waals surface area contributed by atoms with Crippen LogP contribution in [0, 0.1) is 6.92 Å².